The first-order valence-corrected chi connectivity index (χ1v) is 8.25. The molecule has 0 unspecified atom stereocenters. The van der Waals surface area contributed by atoms with E-state index >= 15 is 0 Å². The smallest absolute Gasteiger partial charge is 0.240 e. The standard InChI is InChI=1S/C16H19NO3S/c1-3-13-7-9-16(10-8-13)21(18,19)17-12-14-5-4-6-15(11-14)20-2/h4-11,17H,3,12H2,1-2H3. The van der Waals surface area contributed by atoms with E-state index < -0.39 is 10.0 Å². The second kappa shape index (κ2) is 6.74. The van der Waals surface area contributed by atoms with Gasteiger partial charge in [0.05, 0.1) is 12.0 Å². The minimum absolute atomic E-state index is 0.231. The van der Waals surface area contributed by atoms with Gasteiger partial charge < -0.3 is 4.74 Å². The van der Waals surface area contributed by atoms with Crippen LogP contribution < -0.4 is 9.46 Å². The zero-order valence-corrected chi connectivity index (χ0v) is 13.0. The van der Waals surface area contributed by atoms with Crippen LogP contribution in [-0.4, -0.2) is 15.5 Å². The highest BCUT2D eigenvalue weighted by molar-refractivity contribution is 7.89. The number of sulfonamides is 1. The second-order valence-electron chi connectivity index (χ2n) is 4.67. The molecule has 2 rings (SSSR count). The highest BCUT2D eigenvalue weighted by Gasteiger charge is 2.13. The van der Waals surface area contributed by atoms with Crippen molar-refractivity contribution in [3.8, 4) is 5.75 Å². The van der Waals surface area contributed by atoms with Crippen LogP contribution >= 0.6 is 0 Å². The zero-order chi connectivity index (χ0) is 15.3. The molecule has 0 bridgehead atoms. The molecule has 0 atom stereocenters. The SMILES string of the molecule is CCc1ccc(S(=O)(=O)NCc2cccc(OC)c2)cc1. The predicted octanol–water partition coefficient (Wildman–Crippen LogP) is 2.74. The number of benzene rings is 2. The average Bonchev–Trinajstić information content (AvgIpc) is 2.53. The lowest BCUT2D eigenvalue weighted by Crippen LogP contribution is -2.23. The van der Waals surface area contributed by atoms with Crippen LogP contribution in [0, 0.1) is 0 Å². The molecule has 0 heterocycles. The maximum absolute atomic E-state index is 12.2. The number of aryl methyl sites for hydroxylation is 1. The van der Waals surface area contributed by atoms with E-state index in [0.29, 0.717) is 5.75 Å². The molecule has 0 spiro atoms. The van der Waals surface area contributed by atoms with Crippen molar-refractivity contribution in [2.45, 2.75) is 24.8 Å². The minimum atomic E-state index is -3.49. The molecule has 112 valence electrons. The largest absolute Gasteiger partial charge is 0.497 e. The topological polar surface area (TPSA) is 55.4 Å². The quantitative estimate of drug-likeness (QED) is 0.893. The summed E-state index contributed by atoms with van der Waals surface area (Å²) in [6, 6.07) is 14.2. The molecule has 0 aromatic heterocycles. The summed E-state index contributed by atoms with van der Waals surface area (Å²) in [5.74, 6) is 0.707. The van der Waals surface area contributed by atoms with Crippen LogP contribution in [0.3, 0.4) is 0 Å². The van der Waals surface area contributed by atoms with E-state index in [1.165, 1.54) is 0 Å². The highest BCUT2D eigenvalue weighted by Crippen LogP contribution is 2.14. The normalized spacial score (nSPS) is 11.3. The molecule has 21 heavy (non-hydrogen) atoms. The maximum atomic E-state index is 12.2. The summed E-state index contributed by atoms with van der Waals surface area (Å²) in [7, 11) is -1.91. The van der Waals surface area contributed by atoms with Crippen LogP contribution in [0.1, 0.15) is 18.1 Å². The molecule has 2 aromatic rings. The Morgan fingerprint density at radius 2 is 1.76 bits per heavy atom. The third kappa shape index (κ3) is 4.06. The van der Waals surface area contributed by atoms with Gasteiger partial charge in [-0.3, -0.25) is 0 Å². The van der Waals surface area contributed by atoms with Crippen molar-refractivity contribution >= 4 is 10.0 Å². The van der Waals surface area contributed by atoms with Gasteiger partial charge in [0, 0.05) is 6.54 Å². The fourth-order valence-electron chi connectivity index (χ4n) is 1.95. The number of rotatable bonds is 6. The molecule has 0 radical (unpaired) electrons. The summed E-state index contributed by atoms with van der Waals surface area (Å²) in [5, 5.41) is 0. The molecule has 5 heteroatoms. The highest BCUT2D eigenvalue weighted by atomic mass is 32.2. The number of ether oxygens (including phenoxy) is 1. The van der Waals surface area contributed by atoms with Crippen LogP contribution in [0.5, 0.6) is 5.75 Å². The number of methoxy groups -OCH3 is 1. The molecule has 1 N–H and O–H groups in total. The average molecular weight is 305 g/mol. The van der Waals surface area contributed by atoms with Gasteiger partial charge in [-0.2, -0.15) is 0 Å². The molecule has 0 aliphatic heterocycles. The van der Waals surface area contributed by atoms with Crippen LogP contribution in [-0.2, 0) is 23.0 Å². The van der Waals surface area contributed by atoms with Crippen LogP contribution in [0.25, 0.3) is 0 Å². The molecule has 0 aliphatic carbocycles. The molecular formula is C16H19NO3S. The Morgan fingerprint density at radius 1 is 1.05 bits per heavy atom. The van der Waals surface area contributed by atoms with Crippen LogP contribution in [0.4, 0.5) is 0 Å². The first kappa shape index (κ1) is 15.5. The zero-order valence-electron chi connectivity index (χ0n) is 12.2. The summed E-state index contributed by atoms with van der Waals surface area (Å²) in [6.45, 7) is 2.26. The Morgan fingerprint density at radius 3 is 2.38 bits per heavy atom. The van der Waals surface area contributed by atoms with Crippen molar-refractivity contribution in [2.75, 3.05) is 7.11 Å². The summed E-state index contributed by atoms with van der Waals surface area (Å²) in [4.78, 5) is 0.280. The third-order valence-electron chi connectivity index (χ3n) is 3.24. The van der Waals surface area contributed by atoms with Crippen molar-refractivity contribution < 1.29 is 13.2 Å². The first-order chi connectivity index (χ1) is 10.0. The number of hydrogen-bond acceptors (Lipinski definition) is 3. The summed E-state index contributed by atoms with van der Waals surface area (Å²) in [6.07, 6.45) is 0.886. The third-order valence-corrected chi connectivity index (χ3v) is 4.66. The van der Waals surface area contributed by atoms with E-state index in [1.54, 1.807) is 19.2 Å². The van der Waals surface area contributed by atoms with Gasteiger partial charge in [0.1, 0.15) is 5.75 Å². The summed E-state index contributed by atoms with van der Waals surface area (Å²) < 4.78 is 32.2. The van der Waals surface area contributed by atoms with Gasteiger partial charge in [0.15, 0.2) is 0 Å². The maximum Gasteiger partial charge on any atom is 0.240 e. The predicted molar refractivity (Wildman–Crippen MR) is 82.8 cm³/mol. The Labute approximate surface area is 125 Å². The van der Waals surface area contributed by atoms with Crippen molar-refractivity contribution in [1.82, 2.24) is 4.72 Å². The van der Waals surface area contributed by atoms with Crippen LogP contribution in [0.15, 0.2) is 53.4 Å². The van der Waals surface area contributed by atoms with Crippen LogP contribution in [0.2, 0.25) is 0 Å². The molecule has 2 aromatic carbocycles. The molecule has 0 fully saturated rings. The fourth-order valence-corrected chi connectivity index (χ4v) is 2.97. The van der Waals surface area contributed by atoms with Crippen molar-refractivity contribution in [1.29, 1.82) is 0 Å². The van der Waals surface area contributed by atoms with Gasteiger partial charge in [0.2, 0.25) is 10.0 Å². The van der Waals surface area contributed by atoms with Gasteiger partial charge in [-0.25, -0.2) is 13.1 Å². The van der Waals surface area contributed by atoms with Gasteiger partial charge in [0.25, 0.3) is 0 Å². The monoisotopic (exact) mass is 305 g/mol. The van der Waals surface area contributed by atoms with E-state index in [9.17, 15) is 8.42 Å². The summed E-state index contributed by atoms with van der Waals surface area (Å²) >= 11 is 0. The molecule has 4 nitrogen and oxygen atoms in total. The van der Waals surface area contributed by atoms with E-state index in [0.717, 1.165) is 17.5 Å². The van der Waals surface area contributed by atoms with E-state index in [2.05, 4.69) is 4.72 Å². The number of nitrogens with one attached hydrogen (secondary N) is 1. The Bertz CT molecular complexity index is 694. The first-order valence-electron chi connectivity index (χ1n) is 6.76. The molecule has 0 saturated carbocycles. The lowest BCUT2D eigenvalue weighted by molar-refractivity contribution is 0.414. The van der Waals surface area contributed by atoms with Gasteiger partial charge in [-0.15, -0.1) is 0 Å². The van der Waals surface area contributed by atoms with E-state index in [-0.39, 0.29) is 11.4 Å². The second-order valence-corrected chi connectivity index (χ2v) is 6.44. The van der Waals surface area contributed by atoms with E-state index in [1.807, 2.05) is 43.3 Å². The van der Waals surface area contributed by atoms with Crippen molar-refractivity contribution in [3.05, 3.63) is 59.7 Å². The van der Waals surface area contributed by atoms with Crippen molar-refractivity contribution in [2.24, 2.45) is 0 Å². The lowest BCUT2D eigenvalue weighted by Gasteiger charge is -2.08. The van der Waals surface area contributed by atoms with E-state index in [4.69, 9.17) is 4.74 Å². The Hall–Kier alpha value is -1.85. The summed E-state index contributed by atoms with van der Waals surface area (Å²) in [5.41, 5.74) is 1.96. The fraction of sp³-hybridized carbons (Fsp3) is 0.250. The van der Waals surface area contributed by atoms with Gasteiger partial charge >= 0.3 is 0 Å². The minimum Gasteiger partial charge on any atom is -0.497 e. The number of hydrogen-bond donors (Lipinski definition) is 1. The molecule has 0 saturated heterocycles. The molecule has 0 amide bonds. The molecule has 0 aliphatic rings. The van der Waals surface area contributed by atoms with Crippen molar-refractivity contribution in [3.63, 3.8) is 0 Å². The Kier molecular flexibility index (Phi) is 4.98. The lowest BCUT2D eigenvalue weighted by atomic mass is 10.2. The van der Waals surface area contributed by atoms with Gasteiger partial charge in [-0.1, -0.05) is 31.2 Å². The van der Waals surface area contributed by atoms with Gasteiger partial charge in [-0.05, 0) is 41.8 Å². The Balaban J connectivity index is 2.09. The molecular weight excluding hydrogens is 286 g/mol.